The summed E-state index contributed by atoms with van der Waals surface area (Å²) in [5.74, 6) is -1.05. The van der Waals surface area contributed by atoms with Gasteiger partial charge in [-0.25, -0.2) is 29.1 Å². The summed E-state index contributed by atoms with van der Waals surface area (Å²) < 4.78 is 29.2. The number of aromatic nitrogens is 3. The molecule has 1 fully saturated rings. The lowest BCUT2D eigenvalue weighted by atomic mass is 9.90. The number of aliphatic imine (C=N–C) groups is 1. The van der Waals surface area contributed by atoms with Crippen LogP contribution < -0.4 is 16.4 Å². The summed E-state index contributed by atoms with van der Waals surface area (Å²) in [6, 6.07) is 2.86. The number of rotatable bonds is 7. The number of nitrogens with two attached hydrogens (primary N) is 1. The summed E-state index contributed by atoms with van der Waals surface area (Å²) in [5.41, 5.74) is 5.99. The largest absolute Gasteiger partial charge is 0.405 e. The van der Waals surface area contributed by atoms with Crippen LogP contribution in [-0.2, 0) is 6.54 Å². The minimum Gasteiger partial charge on any atom is -0.405 e. The number of amides is 2. The van der Waals surface area contributed by atoms with Crippen molar-refractivity contribution >= 4 is 23.9 Å². The van der Waals surface area contributed by atoms with E-state index in [0.717, 1.165) is 0 Å². The smallest absolute Gasteiger partial charge is 0.320 e. The number of piperidine rings is 1. The van der Waals surface area contributed by atoms with E-state index in [2.05, 4.69) is 30.6 Å². The molecule has 9 nitrogen and oxygen atoms in total. The highest BCUT2D eigenvalue weighted by atomic mass is 19.1. The zero-order valence-electron chi connectivity index (χ0n) is 17.8. The lowest BCUT2D eigenvalue weighted by molar-refractivity contribution is 0.198. The number of carbonyl (C=O) groups is 1. The molecule has 32 heavy (non-hydrogen) atoms. The summed E-state index contributed by atoms with van der Waals surface area (Å²) in [4.78, 5) is 29.4. The number of allylic oxidation sites excluding steroid dienone is 1. The number of halogens is 2. The molecule has 1 aliphatic heterocycles. The quantitative estimate of drug-likeness (QED) is 0.446. The Bertz CT molecular complexity index is 990. The van der Waals surface area contributed by atoms with E-state index in [4.69, 9.17) is 5.73 Å². The number of hydrogen-bond donors (Lipinski definition) is 3. The van der Waals surface area contributed by atoms with Gasteiger partial charge in [-0.3, -0.25) is 10.2 Å². The Balaban J connectivity index is 1.59. The fourth-order valence-electron chi connectivity index (χ4n) is 3.51. The average Bonchev–Trinajstić information content (AvgIpc) is 2.78. The SMILES string of the molecule is CCNC(=O)Nc1ncnc(CN2CCC(c3ccc(N=C/C=C\N)nc3F)CC2)c1F. The highest BCUT2D eigenvalue weighted by Crippen LogP contribution is 2.31. The number of nitrogens with zero attached hydrogens (tertiary/aromatic N) is 5. The molecule has 0 aromatic carbocycles. The van der Waals surface area contributed by atoms with Crippen molar-refractivity contribution in [2.24, 2.45) is 10.7 Å². The Morgan fingerprint density at radius 3 is 2.78 bits per heavy atom. The van der Waals surface area contributed by atoms with Crippen LogP contribution >= 0.6 is 0 Å². The molecule has 0 aliphatic carbocycles. The maximum Gasteiger partial charge on any atom is 0.320 e. The van der Waals surface area contributed by atoms with E-state index in [1.165, 1.54) is 24.8 Å². The first kappa shape index (κ1) is 23.2. The van der Waals surface area contributed by atoms with Crippen LogP contribution in [0.3, 0.4) is 0 Å². The molecule has 1 aliphatic rings. The predicted molar refractivity (Wildman–Crippen MR) is 118 cm³/mol. The fourth-order valence-corrected chi connectivity index (χ4v) is 3.51. The van der Waals surface area contributed by atoms with Crippen molar-refractivity contribution in [2.75, 3.05) is 25.0 Å². The van der Waals surface area contributed by atoms with Gasteiger partial charge in [0.15, 0.2) is 17.5 Å². The highest BCUT2D eigenvalue weighted by Gasteiger charge is 2.25. The van der Waals surface area contributed by atoms with Gasteiger partial charge in [-0.1, -0.05) is 6.07 Å². The second-order valence-electron chi connectivity index (χ2n) is 7.23. The van der Waals surface area contributed by atoms with Gasteiger partial charge < -0.3 is 11.1 Å². The Morgan fingerprint density at radius 1 is 1.31 bits per heavy atom. The standard InChI is InChI=1S/C21H26F2N8O/c1-2-25-21(32)30-20-18(22)16(27-13-28-20)12-31-10-6-14(7-11-31)15-4-5-17(29-19(15)23)26-9-3-8-24/h3-5,8-9,13-14H,2,6-7,10-12,24H2,1H3,(H2,25,27,28,30,32)/b8-3-,26-9?. The third-order valence-electron chi connectivity index (χ3n) is 5.10. The monoisotopic (exact) mass is 444 g/mol. The molecule has 0 radical (unpaired) electrons. The summed E-state index contributed by atoms with van der Waals surface area (Å²) >= 11 is 0. The highest BCUT2D eigenvalue weighted by molar-refractivity contribution is 5.88. The molecule has 2 aromatic rings. The number of carbonyl (C=O) groups excluding carboxylic acids is 1. The molecule has 3 rings (SSSR count). The van der Waals surface area contributed by atoms with Gasteiger partial charge in [0.1, 0.15) is 6.33 Å². The third-order valence-corrected chi connectivity index (χ3v) is 5.10. The van der Waals surface area contributed by atoms with Crippen LogP contribution in [0, 0.1) is 11.8 Å². The van der Waals surface area contributed by atoms with Gasteiger partial charge in [-0.05, 0) is 57.1 Å². The van der Waals surface area contributed by atoms with Crippen LogP contribution in [0.25, 0.3) is 0 Å². The van der Waals surface area contributed by atoms with E-state index in [1.54, 1.807) is 19.1 Å². The van der Waals surface area contributed by atoms with E-state index in [-0.39, 0.29) is 29.8 Å². The van der Waals surface area contributed by atoms with E-state index in [0.29, 0.717) is 38.0 Å². The Labute approximate surface area is 184 Å². The molecule has 2 amide bonds. The maximum atomic E-state index is 14.7. The molecule has 0 unspecified atom stereocenters. The predicted octanol–water partition coefficient (Wildman–Crippen LogP) is 2.85. The fraction of sp³-hybridized carbons (Fsp3) is 0.381. The van der Waals surface area contributed by atoms with E-state index < -0.39 is 17.8 Å². The molecular weight excluding hydrogens is 418 g/mol. The van der Waals surface area contributed by atoms with Gasteiger partial charge in [-0.15, -0.1) is 0 Å². The Hall–Kier alpha value is -3.47. The van der Waals surface area contributed by atoms with Crippen LogP contribution in [0.5, 0.6) is 0 Å². The Kier molecular flexibility index (Phi) is 8.14. The molecule has 0 atom stereocenters. The number of likely N-dealkylation sites (tertiary alicyclic amines) is 1. The zero-order chi connectivity index (χ0) is 22.9. The van der Waals surface area contributed by atoms with Gasteiger partial charge in [-0.2, -0.15) is 4.39 Å². The average molecular weight is 444 g/mol. The summed E-state index contributed by atoms with van der Waals surface area (Å²) in [5, 5.41) is 4.91. The minimum atomic E-state index is -0.656. The molecule has 4 N–H and O–H groups in total. The second-order valence-corrected chi connectivity index (χ2v) is 7.23. The number of anilines is 1. The van der Waals surface area contributed by atoms with Gasteiger partial charge in [0.05, 0.1) is 5.69 Å². The van der Waals surface area contributed by atoms with Crippen LogP contribution in [-0.4, -0.2) is 51.7 Å². The molecule has 2 aromatic heterocycles. The Morgan fingerprint density at radius 2 is 2.09 bits per heavy atom. The van der Waals surface area contributed by atoms with E-state index >= 15 is 0 Å². The first-order chi connectivity index (χ1) is 15.5. The lowest BCUT2D eigenvalue weighted by Crippen LogP contribution is -2.33. The maximum absolute atomic E-state index is 14.7. The summed E-state index contributed by atoms with van der Waals surface area (Å²) in [6.45, 7) is 3.74. The third kappa shape index (κ3) is 6.03. The van der Waals surface area contributed by atoms with Crippen LogP contribution in [0.2, 0.25) is 0 Å². The van der Waals surface area contributed by atoms with Crippen LogP contribution in [0.1, 0.15) is 36.9 Å². The van der Waals surface area contributed by atoms with Crippen molar-refractivity contribution in [1.29, 1.82) is 0 Å². The minimum absolute atomic E-state index is 0.0194. The number of urea groups is 1. The molecule has 11 heteroatoms. The van der Waals surface area contributed by atoms with Crippen LogP contribution in [0.15, 0.2) is 35.7 Å². The molecule has 1 saturated heterocycles. The van der Waals surface area contributed by atoms with Gasteiger partial charge >= 0.3 is 6.03 Å². The molecule has 0 spiro atoms. The van der Waals surface area contributed by atoms with Gasteiger partial charge in [0, 0.05) is 24.9 Å². The van der Waals surface area contributed by atoms with Gasteiger partial charge in [0.25, 0.3) is 0 Å². The summed E-state index contributed by atoms with van der Waals surface area (Å²) in [6.07, 6.45) is 6.94. The normalized spacial score (nSPS) is 15.5. The number of pyridine rings is 1. The molecule has 170 valence electrons. The topological polar surface area (TPSA) is 121 Å². The number of hydrogen-bond acceptors (Lipinski definition) is 7. The molecule has 0 bridgehead atoms. The first-order valence-corrected chi connectivity index (χ1v) is 10.4. The second kappa shape index (κ2) is 11.2. The van der Waals surface area contributed by atoms with Gasteiger partial charge in [0.2, 0.25) is 5.95 Å². The molecule has 0 saturated carbocycles. The van der Waals surface area contributed by atoms with Crippen molar-refractivity contribution in [3.8, 4) is 0 Å². The van der Waals surface area contributed by atoms with Crippen molar-refractivity contribution in [3.05, 3.63) is 53.8 Å². The van der Waals surface area contributed by atoms with Crippen molar-refractivity contribution < 1.29 is 13.6 Å². The van der Waals surface area contributed by atoms with Crippen LogP contribution in [0.4, 0.5) is 25.2 Å². The number of nitrogens with one attached hydrogen (secondary N) is 2. The van der Waals surface area contributed by atoms with Crippen molar-refractivity contribution in [3.63, 3.8) is 0 Å². The first-order valence-electron chi connectivity index (χ1n) is 10.4. The zero-order valence-corrected chi connectivity index (χ0v) is 17.8. The summed E-state index contributed by atoms with van der Waals surface area (Å²) in [7, 11) is 0. The van der Waals surface area contributed by atoms with E-state index in [1.807, 2.05) is 4.90 Å². The van der Waals surface area contributed by atoms with Crippen molar-refractivity contribution in [2.45, 2.75) is 32.2 Å². The van der Waals surface area contributed by atoms with Crippen molar-refractivity contribution in [1.82, 2.24) is 25.2 Å². The molecular formula is C21H26F2N8O. The van der Waals surface area contributed by atoms with E-state index in [9.17, 15) is 13.6 Å². The molecule has 3 heterocycles. The lowest BCUT2D eigenvalue weighted by Gasteiger charge is -2.32.